The summed E-state index contributed by atoms with van der Waals surface area (Å²) in [7, 11) is 0. The van der Waals surface area contributed by atoms with E-state index in [1.807, 2.05) is 18.2 Å². The number of aromatic carboxylic acids is 1. The van der Waals surface area contributed by atoms with Gasteiger partial charge in [0, 0.05) is 30.9 Å². The first-order valence-electron chi connectivity index (χ1n) is 7.27. The number of hydrogen-bond acceptors (Lipinski definition) is 3. The molecule has 1 atom stereocenters. The summed E-state index contributed by atoms with van der Waals surface area (Å²) < 4.78 is 0. The fourth-order valence-corrected chi connectivity index (χ4v) is 3.05. The van der Waals surface area contributed by atoms with Crippen molar-refractivity contribution in [2.24, 2.45) is 0 Å². The van der Waals surface area contributed by atoms with Crippen molar-refractivity contribution in [1.82, 2.24) is 15.1 Å². The monoisotopic (exact) mass is 285 g/mol. The number of benzene rings is 1. The number of aromatic nitrogens is 2. The third kappa shape index (κ3) is 3.13. The van der Waals surface area contributed by atoms with Crippen LogP contribution in [0.3, 0.4) is 0 Å². The van der Waals surface area contributed by atoms with Gasteiger partial charge in [-0.3, -0.25) is 10.00 Å². The minimum absolute atomic E-state index is 0.404. The molecule has 21 heavy (non-hydrogen) atoms. The Bertz CT molecular complexity index is 610. The van der Waals surface area contributed by atoms with E-state index in [9.17, 15) is 9.90 Å². The zero-order valence-corrected chi connectivity index (χ0v) is 11.8. The number of hydrogen-bond donors (Lipinski definition) is 2. The predicted molar refractivity (Wildman–Crippen MR) is 79.2 cm³/mol. The van der Waals surface area contributed by atoms with Gasteiger partial charge < -0.3 is 5.11 Å². The van der Waals surface area contributed by atoms with Crippen LogP contribution in [0.2, 0.25) is 0 Å². The van der Waals surface area contributed by atoms with Crippen LogP contribution in [0.4, 0.5) is 0 Å². The molecule has 1 unspecified atom stereocenters. The highest BCUT2D eigenvalue weighted by Crippen LogP contribution is 2.26. The van der Waals surface area contributed by atoms with Crippen molar-refractivity contribution in [3.8, 4) is 0 Å². The van der Waals surface area contributed by atoms with Crippen molar-refractivity contribution in [2.75, 3.05) is 13.1 Å². The number of likely N-dealkylation sites (tertiary alicyclic amines) is 1. The fraction of sp³-hybridized carbons (Fsp3) is 0.375. The molecule has 1 aliphatic rings. The summed E-state index contributed by atoms with van der Waals surface area (Å²) >= 11 is 0. The molecular formula is C16H19N3O2. The van der Waals surface area contributed by atoms with Crippen molar-refractivity contribution >= 4 is 5.97 Å². The lowest BCUT2D eigenvalue weighted by molar-refractivity contribution is 0.0694. The van der Waals surface area contributed by atoms with E-state index in [0.717, 1.165) is 31.5 Å². The van der Waals surface area contributed by atoms with Crippen LogP contribution in [-0.2, 0) is 6.54 Å². The second-order valence-electron chi connectivity index (χ2n) is 5.55. The van der Waals surface area contributed by atoms with Crippen LogP contribution >= 0.6 is 0 Å². The van der Waals surface area contributed by atoms with E-state index in [1.54, 1.807) is 18.3 Å². The molecule has 5 heteroatoms. The Labute approximate surface area is 123 Å². The van der Waals surface area contributed by atoms with Gasteiger partial charge in [-0.2, -0.15) is 5.10 Å². The molecule has 0 bridgehead atoms. The molecular weight excluding hydrogens is 266 g/mol. The van der Waals surface area contributed by atoms with Gasteiger partial charge in [0.25, 0.3) is 0 Å². The van der Waals surface area contributed by atoms with Gasteiger partial charge in [0.2, 0.25) is 0 Å². The summed E-state index contributed by atoms with van der Waals surface area (Å²) in [6.45, 7) is 2.64. The van der Waals surface area contributed by atoms with Gasteiger partial charge in [-0.15, -0.1) is 0 Å². The Morgan fingerprint density at radius 3 is 3.00 bits per heavy atom. The Balaban J connectivity index is 1.72. The van der Waals surface area contributed by atoms with Crippen LogP contribution in [0.15, 0.2) is 36.5 Å². The SMILES string of the molecule is O=C(O)c1ccccc1CN1CCCC(c2ccn[nH]2)C1. The molecule has 110 valence electrons. The van der Waals surface area contributed by atoms with E-state index >= 15 is 0 Å². The number of carboxylic acids is 1. The molecule has 1 aromatic carbocycles. The summed E-state index contributed by atoms with van der Waals surface area (Å²) in [4.78, 5) is 13.6. The molecule has 0 amide bonds. The van der Waals surface area contributed by atoms with Gasteiger partial charge in [-0.25, -0.2) is 4.79 Å². The third-order valence-electron chi connectivity index (χ3n) is 4.11. The number of carbonyl (C=O) groups is 1. The number of aromatic amines is 1. The average Bonchev–Trinajstić information content (AvgIpc) is 3.02. The first-order valence-corrected chi connectivity index (χ1v) is 7.27. The molecule has 5 nitrogen and oxygen atoms in total. The van der Waals surface area contributed by atoms with Crippen molar-refractivity contribution in [3.63, 3.8) is 0 Å². The Hall–Kier alpha value is -2.14. The average molecular weight is 285 g/mol. The zero-order valence-electron chi connectivity index (χ0n) is 11.8. The van der Waals surface area contributed by atoms with Crippen LogP contribution in [-0.4, -0.2) is 39.3 Å². The molecule has 1 aromatic heterocycles. The maximum atomic E-state index is 11.3. The van der Waals surface area contributed by atoms with Crippen LogP contribution in [0.25, 0.3) is 0 Å². The molecule has 0 spiro atoms. The van der Waals surface area contributed by atoms with Gasteiger partial charge in [-0.05, 0) is 37.1 Å². The lowest BCUT2D eigenvalue weighted by Gasteiger charge is -2.32. The van der Waals surface area contributed by atoms with E-state index in [4.69, 9.17) is 0 Å². The van der Waals surface area contributed by atoms with Crippen LogP contribution in [0, 0.1) is 0 Å². The van der Waals surface area contributed by atoms with Crippen LogP contribution in [0.1, 0.15) is 40.4 Å². The third-order valence-corrected chi connectivity index (χ3v) is 4.11. The summed E-state index contributed by atoms with van der Waals surface area (Å²) in [6, 6.07) is 9.28. The summed E-state index contributed by atoms with van der Waals surface area (Å²) in [5.41, 5.74) is 2.46. The zero-order chi connectivity index (χ0) is 14.7. The van der Waals surface area contributed by atoms with E-state index < -0.39 is 5.97 Å². The van der Waals surface area contributed by atoms with Crippen LogP contribution < -0.4 is 0 Å². The van der Waals surface area contributed by atoms with Crippen molar-refractivity contribution in [3.05, 3.63) is 53.3 Å². The second-order valence-corrected chi connectivity index (χ2v) is 5.55. The molecule has 1 fully saturated rings. The minimum Gasteiger partial charge on any atom is -0.478 e. The van der Waals surface area contributed by atoms with Gasteiger partial charge in [0.1, 0.15) is 0 Å². The van der Waals surface area contributed by atoms with Crippen LogP contribution in [0.5, 0.6) is 0 Å². The van der Waals surface area contributed by atoms with E-state index in [1.165, 1.54) is 5.69 Å². The minimum atomic E-state index is -0.854. The molecule has 2 heterocycles. The summed E-state index contributed by atoms with van der Waals surface area (Å²) in [6.07, 6.45) is 4.06. The first-order chi connectivity index (χ1) is 10.2. The highest BCUT2D eigenvalue weighted by Gasteiger charge is 2.23. The summed E-state index contributed by atoms with van der Waals surface area (Å²) in [5, 5.41) is 16.3. The smallest absolute Gasteiger partial charge is 0.336 e. The van der Waals surface area contributed by atoms with Crippen molar-refractivity contribution < 1.29 is 9.90 Å². The molecule has 0 radical (unpaired) electrons. The van der Waals surface area contributed by atoms with Gasteiger partial charge in [-0.1, -0.05) is 18.2 Å². The molecule has 0 saturated carbocycles. The number of H-pyrrole nitrogens is 1. The molecule has 2 N–H and O–H groups in total. The highest BCUT2D eigenvalue weighted by atomic mass is 16.4. The van der Waals surface area contributed by atoms with E-state index in [0.29, 0.717) is 18.0 Å². The number of nitrogens with zero attached hydrogens (tertiary/aromatic N) is 2. The largest absolute Gasteiger partial charge is 0.478 e. The first kappa shape index (κ1) is 13.8. The van der Waals surface area contributed by atoms with Crippen molar-refractivity contribution in [2.45, 2.75) is 25.3 Å². The number of piperidine rings is 1. The molecule has 1 aliphatic heterocycles. The number of carboxylic acid groups (broad SMARTS) is 1. The molecule has 1 saturated heterocycles. The summed E-state index contributed by atoms with van der Waals surface area (Å²) in [5.74, 6) is -0.397. The maximum absolute atomic E-state index is 11.3. The Morgan fingerprint density at radius 2 is 2.24 bits per heavy atom. The molecule has 0 aliphatic carbocycles. The van der Waals surface area contributed by atoms with Gasteiger partial charge in [0.05, 0.1) is 5.56 Å². The second kappa shape index (κ2) is 6.10. The van der Waals surface area contributed by atoms with Gasteiger partial charge in [0.15, 0.2) is 0 Å². The van der Waals surface area contributed by atoms with E-state index in [2.05, 4.69) is 15.1 Å². The fourth-order valence-electron chi connectivity index (χ4n) is 3.05. The Morgan fingerprint density at radius 1 is 1.38 bits per heavy atom. The Kier molecular flexibility index (Phi) is 4.01. The van der Waals surface area contributed by atoms with Crippen molar-refractivity contribution in [1.29, 1.82) is 0 Å². The predicted octanol–water partition coefficient (Wildman–Crippen LogP) is 2.49. The standard InChI is InChI=1S/C16H19N3O2/c20-16(21)14-6-2-1-4-12(14)10-19-9-3-5-13(11-19)15-7-8-17-18-15/h1-2,4,6-8,13H,3,5,9-11H2,(H,17,18)(H,20,21). The normalized spacial score (nSPS) is 19.5. The maximum Gasteiger partial charge on any atom is 0.336 e. The molecule has 3 rings (SSSR count). The topological polar surface area (TPSA) is 69.2 Å². The molecule has 2 aromatic rings. The number of rotatable bonds is 4. The van der Waals surface area contributed by atoms with E-state index in [-0.39, 0.29) is 0 Å². The quantitative estimate of drug-likeness (QED) is 0.905. The van der Waals surface area contributed by atoms with Gasteiger partial charge >= 0.3 is 5.97 Å². The highest BCUT2D eigenvalue weighted by molar-refractivity contribution is 5.89. The lowest BCUT2D eigenvalue weighted by atomic mass is 9.94. The lowest BCUT2D eigenvalue weighted by Crippen LogP contribution is -2.34. The number of nitrogens with one attached hydrogen (secondary N) is 1.